The molecule has 3 aliphatic rings. The van der Waals surface area contributed by atoms with Gasteiger partial charge in [-0.25, -0.2) is 4.79 Å². The number of benzene rings is 1. The number of carbonyl (C=O) groups is 3. The Morgan fingerprint density at radius 1 is 1.38 bits per heavy atom. The number of nitriles is 1. The van der Waals surface area contributed by atoms with Crippen molar-refractivity contribution in [3.8, 4) is 17.6 Å². The summed E-state index contributed by atoms with van der Waals surface area (Å²) in [5.74, 6) is 0.318. The minimum atomic E-state index is -1.18. The van der Waals surface area contributed by atoms with Gasteiger partial charge in [-0.3, -0.25) is 14.5 Å². The summed E-state index contributed by atoms with van der Waals surface area (Å²) in [6, 6.07) is 6.84. The van der Waals surface area contributed by atoms with E-state index in [9.17, 15) is 19.6 Å². The lowest BCUT2D eigenvalue weighted by Gasteiger charge is -2.25. The number of nitrogens with one attached hydrogen (secondary N) is 2. The number of amides is 4. The van der Waals surface area contributed by atoms with E-state index in [-0.39, 0.29) is 19.1 Å². The van der Waals surface area contributed by atoms with Crippen LogP contribution in [0.25, 0.3) is 0 Å². The first-order valence-electron chi connectivity index (χ1n) is 9.49. The molecule has 9 nitrogen and oxygen atoms in total. The van der Waals surface area contributed by atoms with Crippen LogP contribution < -0.4 is 20.1 Å². The van der Waals surface area contributed by atoms with E-state index in [2.05, 4.69) is 16.7 Å². The molecule has 4 amide bonds. The molecule has 1 aromatic rings. The van der Waals surface area contributed by atoms with Crippen LogP contribution in [0.3, 0.4) is 0 Å². The Kier molecular flexibility index (Phi) is 4.37. The zero-order valence-electron chi connectivity index (χ0n) is 16.3. The van der Waals surface area contributed by atoms with Crippen molar-refractivity contribution in [2.75, 3.05) is 13.3 Å². The monoisotopic (exact) mass is 398 g/mol. The Morgan fingerprint density at radius 3 is 2.79 bits per heavy atom. The van der Waals surface area contributed by atoms with E-state index >= 15 is 0 Å². The van der Waals surface area contributed by atoms with Gasteiger partial charge in [-0.1, -0.05) is 6.07 Å². The number of carbonyl (C=O) groups excluding carboxylic acids is 3. The number of ether oxygens (including phenoxy) is 2. The Balaban J connectivity index is 1.44. The third-order valence-corrected chi connectivity index (χ3v) is 5.67. The van der Waals surface area contributed by atoms with Crippen LogP contribution in [-0.2, 0) is 16.0 Å². The molecular formula is C20H22N4O5. The normalized spacial score (nSPS) is 24.7. The lowest BCUT2D eigenvalue weighted by Crippen LogP contribution is -2.51. The summed E-state index contributed by atoms with van der Waals surface area (Å²) < 4.78 is 10.6. The van der Waals surface area contributed by atoms with E-state index in [0.29, 0.717) is 11.5 Å². The first-order valence-corrected chi connectivity index (χ1v) is 9.49. The Labute approximate surface area is 167 Å². The maximum atomic E-state index is 12.9. The van der Waals surface area contributed by atoms with Gasteiger partial charge < -0.3 is 20.1 Å². The smallest absolute Gasteiger partial charge is 0.325 e. The van der Waals surface area contributed by atoms with Gasteiger partial charge in [-0.15, -0.1) is 0 Å². The van der Waals surface area contributed by atoms with Gasteiger partial charge in [0, 0.05) is 6.42 Å². The van der Waals surface area contributed by atoms with E-state index in [4.69, 9.17) is 9.47 Å². The van der Waals surface area contributed by atoms with Crippen LogP contribution in [0.1, 0.15) is 32.3 Å². The molecule has 2 aliphatic heterocycles. The quantitative estimate of drug-likeness (QED) is 0.692. The van der Waals surface area contributed by atoms with Crippen LogP contribution in [0, 0.1) is 17.2 Å². The third-order valence-electron chi connectivity index (χ3n) is 5.67. The molecule has 9 heteroatoms. The summed E-state index contributed by atoms with van der Waals surface area (Å²) in [6.07, 6.45) is 1.99. The summed E-state index contributed by atoms with van der Waals surface area (Å²) in [7, 11) is 0. The van der Waals surface area contributed by atoms with Crippen molar-refractivity contribution in [1.82, 2.24) is 15.5 Å². The van der Waals surface area contributed by atoms with Crippen molar-refractivity contribution in [3.05, 3.63) is 23.8 Å². The standard InChI is InChI=1S/C20H22N4O5/c1-19(8-12-3-6-14-15(7-12)29-11-28-14)17(26)24(18(27)23-19)9-16(25)22-20(2,10-21)13-4-5-13/h3,6-7,13H,4-5,8-9,11H2,1-2H3,(H,22,25)(H,23,27)/t19-,20+/m1/s1. The summed E-state index contributed by atoms with van der Waals surface area (Å²) in [4.78, 5) is 38.7. The number of hydrogen-bond donors (Lipinski definition) is 2. The van der Waals surface area contributed by atoms with Crippen molar-refractivity contribution in [3.63, 3.8) is 0 Å². The number of hydrogen-bond acceptors (Lipinski definition) is 6. The van der Waals surface area contributed by atoms with Crippen molar-refractivity contribution >= 4 is 17.8 Å². The van der Waals surface area contributed by atoms with E-state index in [1.165, 1.54) is 0 Å². The first-order chi connectivity index (χ1) is 13.7. The highest BCUT2D eigenvalue weighted by Crippen LogP contribution is 2.39. The molecule has 2 fully saturated rings. The third kappa shape index (κ3) is 3.46. The lowest BCUT2D eigenvalue weighted by molar-refractivity contribution is -0.135. The van der Waals surface area contributed by atoms with E-state index < -0.39 is 35.5 Å². The largest absolute Gasteiger partial charge is 0.454 e. The highest BCUT2D eigenvalue weighted by Gasteiger charge is 2.49. The van der Waals surface area contributed by atoms with E-state index in [1.807, 2.05) is 6.07 Å². The number of imide groups is 1. The van der Waals surface area contributed by atoms with Crippen LogP contribution in [0.2, 0.25) is 0 Å². The van der Waals surface area contributed by atoms with Crippen LogP contribution in [-0.4, -0.2) is 47.2 Å². The van der Waals surface area contributed by atoms with Crippen LogP contribution in [0.5, 0.6) is 11.5 Å². The molecule has 0 aromatic heterocycles. The van der Waals surface area contributed by atoms with E-state index in [1.54, 1.807) is 26.0 Å². The Bertz CT molecular complexity index is 937. The van der Waals surface area contributed by atoms with Gasteiger partial charge in [0.25, 0.3) is 5.91 Å². The first kappa shape index (κ1) is 19.1. The molecule has 1 saturated carbocycles. The number of rotatable bonds is 6. The molecule has 1 aromatic carbocycles. The topological polar surface area (TPSA) is 121 Å². The number of nitrogens with zero attached hydrogens (tertiary/aromatic N) is 2. The summed E-state index contributed by atoms with van der Waals surface area (Å²) in [6.45, 7) is 3.01. The van der Waals surface area contributed by atoms with Gasteiger partial charge in [0.2, 0.25) is 12.7 Å². The van der Waals surface area contributed by atoms with Crippen LogP contribution in [0.4, 0.5) is 4.79 Å². The molecule has 2 atom stereocenters. The average Bonchev–Trinajstić information content (AvgIpc) is 3.40. The van der Waals surface area contributed by atoms with Gasteiger partial charge in [0.05, 0.1) is 6.07 Å². The number of urea groups is 1. The fourth-order valence-corrected chi connectivity index (χ4v) is 3.82. The molecule has 1 aliphatic carbocycles. The summed E-state index contributed by atoms with van der Waals surface area (Å²) in [5.41, 5.74) is -1.37. The SMILES string of the molecule is C[C@]1(Cc2ccc3c(c2)OCO3)NC(=O)N(CC(=O)N[C@@](C)(C#N)C2CC2)C1=O. The fourth-order valence-electron chi connectivity index (χ4n) is 3.82. The highest BCUT2D eigenvalue weighted by molar-refractivity contribution is 6.09. The molecule has 1 saturated heterocycles. The van der Waals surface area contributed by atoms with E-state index in [0.717, 1.165) is 23.3 Å². The molecule has 2 heterocycles. The minimum Gasteiger partial charge on any atom is -0.454 e. The van der Waals surface area contributed by atoms with Crippen molar-refractivity contribution < 1.29 is 23.9 Å². The fraction of sp³-hybridized carbons (Fsp3) is 0.500. The predicted molar refractivity (Wildman–Crippen MR) is 99.8 cm³/mol. The molecule has 0 unspecified atom stereocenters. The Hall–Kier alpha value is -3.28. The lowest BCUT2D eigenvalue weighted by atomic mass is 9.92. The second-order valence-electron chi connectivity index (χ2n) is 8.15. The van der Waals surface area contributed by atoms with Crippen molar-refractivity contribution in [1.29, 1.82) is 5.26 Å². The molecule has 152 valence electrons. The van der Waals surface area contributed by atoms with Gasteiger partial charge in [-0.2, -0.15) is 5.26 Å². The van der Waals surface area contributed by atoms with Gasteiger partial charge in [0.1, 0.15) is 17.6 Å². The number of fused-ring (bicyclic) bond motifs is 1. The highest BCUT2D eigenvalue weighted by atomic mass is 16.7. The van der Waals surface area contributed by atoms with Gasteiger partial charge in [-0.05, 0) is 50.3 Å². The molecule has 0 radical (unpaired) electrons. The molecule has 2 N–H and O–H groups in total. The van der Waals surface area contributed by atoms with Crippen molar-refractivity contribution in [2.24, 2.45) is 5.92 Å². The summed E-state index contributed by atoms with van der Waals surface area (Å²) in [5, 5.41) is 14.7. The predicted octanol–water partition coefficient (Wildman–Crippen LogP) is 1.08. The minimum absolute atomic E-state index is 0.107. The average molecular weight is 398 g/mol. The summed E-state index contributed by atoms with van der Waals surface area (Å²) >= 11 is 0. The van der Waals surface area contributed by atoms with Gasteiger partial charge in [0.15, 0.2) is 11.5 Å². The molecule has 4 rings (SSSR count). The maximum absolute atomic E-state index is 12.9. The molecule has 29 heavy (non-hydrogen) atoms. The van der Waals surface area contributed by atoms with Crippen LogP contribution >= 0.6 is 0 Å². The second-order valence-corrected chi connectivity index (χ2v) is 8.15. The molecule has 0 spiro atoms. The molecular weight excluding hydrogens is 376 g/mol. The van der Waals surface area contributed by atoms with Crippen molar-refractivity contribution in [2.45, 2.75) is 44.2 Å². The Morgan fingerprint density at radius 2 is 2.10 bits per heavy atom. The maximum Gasteiger partial charge on any atom is 0.325 e. The molecule has 0 bridgehead atoms. The second kappa shape index (κ2) is 6.65. The zero-order chi connectivity index (χ0) is 20.8. The van der Waals surface area contributed by atoms with Crippen LogP contribution in [0.15, 0.2) is 18.2 Å². The zero-order valence-corrected chi connectivity index (χ0v) is 16.3. The van der Waals surface area contributed by atoms with Gasteiger partial charge >= 0.3 is 6.03 Å².